The Balaban J connectivity index is 1.90. The highest BCUT2D eigenvalue weighted by Gasteiger charge is 2.11. The first kappa shape index (κ1) is 15.9. The van der Waals surface area contributed by atoms with Gasteiger partial charge in [0.1, 0.15) is 11.5 Å². The fourth-order valence-corrected chi connectivity index (χ4v) is 2.26. The Kier molecular flexibility index (Phi) is 5.28. The van der Waals surface area contributed by atoms with E-state index in [1.165, 1.54) is 0 Å². The van der Waals surface area contributed by atoms with Crippen molar-refractivity contribution in [1.29, 1.82) is 0 Å². The van der Waals surface area contributed by atoms with Crippen LogP contribution in [0.25, 0.3) is 0 Å². The molecule has 6 heteroatoms. The quantitative estimate of drug-likeness (QED) is 0.904. The van der Waals surface area contributed by atoms with Crippen molar-refractivity contribution in [2.45, 2.75) is 13.5 Å². The van der Waals surface area contributed by atoms with Gasteiger partial charge in [-0.3, -0.25) is 9.69 Å². The van der Waals surface area contributed by atoms with Crippen molar-refractivity contribution >= 4 is 34.8 Å². The Hall–Kier alpha value is -1.49. The summed E-state index contributed by atoms with van der Waals surface area (Å²) in [5.74, 6) is 1.52. The molecule has 2 aromatic rings. The minimum atomic E-state index is -0.162. The Morgan fingerprint density at radius 3 is 2.71 bits per heavy atom. The molecule has 0 fully saturated rings. The standard InChI is InChI=1S/C15H16Cl2N2O2/c1-10-3-5-12(21-10)8-19(2)9-15(20)18-14-7-11(16)4-6-13(14)17/h3-7H,8-9H2,1-2H3,(H,18,20). The molecule has 0 aliphatic rings. The SMILES string of the molecule is Cc1ccc(CN(C)CC(=O)Nc2cc(Cl)ccc2Cl)o1. The first-order chi connectivity index (χ1) is 9.94. The summed E-state index contributed by atoms with van der Waals surface area (Å²) >= 11 is 11.9. The van der Waals surface area contributed by atoms with E-state index in [0.29, 0.717) is 22.3 Å². The summed E-state index contributed by atoms with van der Waals surface area (Å²) in [7, 11) is 1.84. The number of halogens is 2. The molecular weight excluding hydrogens is 311 g/mol. The van der Waals surface area contributed by atoms with E-state index in [-0.39, 0.29) is 12.5 Å². The number of likely N-dealkylation sites (N-methyl/N-ethyl adjacent to an activating group) is 1. The second-order valence-electron chi connectivity index (χ2n) is 4.86. The summed E-state index contributed by atoms with van der Waals surface area (Å²) in [6.45, 7) is 2.67. The average Bonchev–Trinajstić information content (AvgIpc) is 2.79. The molecule has 0 aliphatic heterocycles. The second kappa shape index (κ2) is 6.98. The highest BCUT2D eigenvalue weighted by molar-refractivity contribution is 6.35. The van der Waals surface area contributed by atoms with Gasteiger partial charge in [0.05, 0.1) is 23.8 Å². The van der Waals surface area contributed by atoms with Crippen molar-refractivity contribution < 1.29 is 9.21 Å². The maximum Gasteiger partial charge on any atom is 0.238 e. The predicted molar refractivity (Wildman–Crippen MR) is 84.9 cm³/mol. The van der Waals surface area contributed by atoms with Gasteiger partial charge in [-0.15, -0.1) is 0 Å². The number of benzene rings is 1. The van der Waals surface area contributed by atoms with E-state index in [0.717, 1.165) is 11.5 Å². The van der Waals surface area contributed by atoms with Gasteiger partial charge in [-0.1, -0.05) is 23.2 Å². The number of carbonyl (C=O) groups excluding carboxylic acids is 1. The molecule has 0 radical (unpaired) electrons. The van der Waals surface area contributed by atoms with Crippen LogP contribution in [0.4, 0.5) is 5.69 Å². The first-order valence-corrected chi connectivity index (χ1v) is 7.18. The van der Waals surface area contributed by atoms with E-state index < -0.39 is 0 Å². The number of nitrogens with zero attached hydrogens (tertiary/aromatic N) is 1. The molecule has 0 bridgehead atoms. The topological polar surface area (TPSA) is 45.5 Å². The van der Waals surface area contributed by atoms with Crippen molar-refractivity contribution in [3.05, 3.63) is 51.9 Å². The zero-order valence-electron chi connectivity index (χ0n) is 11.8. The number of nitrogens with one attached hydrogen (secondary N) is 1. The molecule has 1 heterocycles. The molecule has 0 atom stereocenters. The monoisotopic (exact) mass is 326 g/mol. The molecule has 1 amide bonds. The smallest absolute Gasteiger partial charge is 0.238 e. The number of aryl methyl sites for hydroxylation is 1. The summed E-state index contributed by atoms with van der Waals surface area (Å²) in [5.41, 5.74) is 0.511. The van der Waals surface area contributed by atoms with Crippen LogP contribution in [0.1, 0.15) is 11.5 Å². The van der Waals surface area contributed by atoms with E-state index >= 15 is 0 Å². The normalized spacial score (nSPS) is 10.9. The van der Waals surface area contributed by atoms with Crippen LogP contribution in [-0.2, 0) is 11.3 Å². The van der Waals surface area contributed by atoms with Crippen molar-refractivity contribution in [1.82, 2.24) is 4.90 Å². The molecule has 112 valence electrons. The summed E-state index contributed by atoms with van der Waals surface area (Å²) in [4.78, 5) is 13.8. The van der Waals surface area contributed by atoms with E-state index in [9.17, 15) is 4.79 Å². The van der Waals surface area contributed by atoms with Gasteiger partial charge >= 0.3 is 0 Å². The van der Waals surface area contributed by atoms with Gasteiger partial charge in [-0.05, 0) is 44.3 Å². The Morgan fingerprint density at radius 2 is 2.05 bits per heavy atom. The third-order valence-electron chi connectivity index (χ3n) is 2.84. The lowest BCUT2D eigenvalue weighted by molar-refractivity contribution is -0.117. The van der Waals surface area contributed by atoms with E-state index in [2.05, 4.69) is 5.32 Å². The molecule has 0 spiro atoms. The van der Waals surface area contributed by atoms with Crippen LogP contribution in [0, 0.1) is 6.92 Å². The lowest BCUT2D eigenvalue weighted by Crippen LogP contribution is -2.29. The number of amides is 1. The largest absolute Gasteiger partial charge is 0.465 e. The summed E-state index contributed by atoms with van der Waals surface area (Å²) in [6, 6.07) is 8.74. The Labute approximate surface area is 133 Å². The molecule has 0 saturated heterocycles. The number of carbonyl (C=O) groups is 1. The minimum Gasteiger partial charge on any atom is -0.465 e. The molecule has 0 unspecified atom stereocenters. The lowest BCUT2D eigenvalue weighted by Gasteiger charge is -2.15. The van der Waals surface area contributed by atoms with Crippen LogP contribution >= 0.6 is 23.2 Å². The van der Waals surface area contributed by atoms with Gasteiger partial charge in [0.15, 0.2) is 0 Å². The number of furan rings is 1. The van der Waals surface area contributed by atoms with Gasteiger partial charge < -0.3 is 9.73 Å². The number of rotatable bonds is 5. The summed E-state index contributed by atoms with van der Waals surface area (Å²) < 4.78 is 5.48. The molecule has 21 heavy (non-hydrogen) atoms. The van der Waals surface area contributed by atoms with Crippen LogP contribution < -0.4 is 5.32 Å². The van der Waals surface area contributed by atoms with Gasteiger partial charge in [0.2, 0.25) is 5.91 Å². The Morgan fingerprint density at radius 1 is 1.29 bits per heavy atom. The lowest BCUT2D eigenvalue weighted by atomic mass is 10.3. The molecule has 1 aromatic carbocycles. The molecule has 2 rings (SSSR count). The van der Waals surface area contributed by atoms with Crippen molar-refractivity contribution in [3.8, 4) is 0 Å². The van der Waals surface area contributed by atoms with Crippen molar-refractivity contribution in [2.75, 3.05) is 18.9 Å². The van der Waals surface area contributed by atoms with Crippen LogP contribution in [0.2, 0.25) is 10.0 Å². The molecule has 1 aromatic heterocycles. The average molecular weight is 327 g/mol. The molecule has 0 saturated carbocycles. The molecule has 1 N–H and O–H groups in total. The summed E-state index contributed by atoms with van der Waals surface area (Å²) in [6.07, 6.45) is 0. The van der Waals surface area contributed by atoms with Crippen LogP contribution in [0.5, 0.6) is 0 Å². The van der Waals surface area contributed by atoms with Crippen LogP contribution in [-0.4, -0.2) is 24.4 Å². The van der Waals surface area contributed by atoms with Gasteiger partial charge in [-0.2, -0.15) is 0 Å². The number of hydrogen-bond donors (Lipinski definition) is 1. The van der Waals surface area contributed by atoms with Gasteiger partial charge in [0, 0.05) is 5.02 Å². The molecular formula is C15H16Cl2N2O2. The molecule has 4 nitrogen and oxygen atoms in total. The highest BCUT2D eigenvalue weighted by atomic mass is 35.5. The fourth-order valence-electron chi connectivity index (χ4n) is 1.92. The third-order valence-corrected chi connectivity index (χ3v) is 3.40. The fraction of sp³-hybridized carbons (Fsp3) is 0.267. The maximum absolute atomic E-state index is 12.0. The predicted octanol–water partition coefficient (Wildman–Crippen LogP) is 3.97. The van der Waals surface area contributed by atoms with E-state index in [1.807, 2.05) is 31.0 Å². The number of anilines is 1. The van der Waals surface area contributed by atoms with Crippen LogP contribution in [0.3, 0.4) is 0 Å². The molecule has 0 aliphatic carbocycles. The first-order valence-electron chi connectivity index (χ1n) is 6.43. The van der Waals surface area contributed by atoms with Crippen molar-refractivity contribution in [3.63, 3.8) is 0 Å². The van der Waals surface area contributed by atoms with Crippen LogP contribution in [0.15, 0.2) is 34.7 Å². The zero-order valence-corrected chi connectivity index (χ0v) is 13.3. The van der Waals surface area contributed by atoms with Gasteiger partial charge in [0.25, 0.3) is 0 Å². The van der Waals surface area contributed by atoms with E-state index in [1.54, 1.807) is 18.2 Å². The summed E-state index contributed by atoms with van der Waals surface area (Å²) in [5, 5.41) is 3.72. The highest BCUT2D eigenvalue weighted by Crippen LogP contribution is 2.25. The zero-order chi connectivity index (χ0) is 15.4. The maximum atomic E-state index is 12.0. The van der Waals surface area contributed by atoms with Gasteiger partial charge in [-0.25, -0.2) is 0 Å². The van der Waals surface area contributed by atoms with E-state index in [4.69, 9.17) is 27.6 Å². The second-order valence-corrected chi connectivity index (χ2v) is 5.70. The third kappa shape index (κ3) is 4.77. The Bertz CT molecular complexity index is 640. The number of hydrogen-bond acceptors (Lipinski definition) is 3. The minimum absolute atomic E-state index is 0.162. The van der Waals surface area contributed by atoms with Crippen molar-refractivity contribution in [2.24, 2.45) is 0 Å².